The monoisotopic (exact) mass is 289 g/mol. The highest BCUT2D eigenvalue weighted by molar-refractivity contribution is 5.94. The third kappa shape index (κ3) is 3.66. The minimum absolute atomic E-state index is 0.0458. The number of aliphatic hydroxyl groups excluding tert-OH is 1. The van der Waals surface area contributed by atoms with Crippen molar-refractivity contribution in [2.24, 2.45) is 0 Å². The van der Waals surface area contributed by atoms with E-state index in [-0.39, 0.29) is 18.6 Å². The SMILES string of the molecule is CC(C)N(CCCO)C(=O)c1ccc(-c2nnco2)cc1. The lowest BCUT2D eigenvalue weighted by molar-refractivity contribution is 0.0693. The first-order chi connectivity index (χ1) is 10.1. The van der Waals surface area contributed by atoms with E-state index in [0.717, 1.165) is 5.56 Å². The molecule has 0 aliphatic carbocycles. The molecule has 2 rings (SSSR count). The number of carbonyl (C=O) groups excluding carboxylic acids is 1. The van der Waals surface area contributed by atoms with Crippen LogP contribution in [0.5, 0.6) is 0 Å². The van der Waals surface area contributed by atoms with E-state index in [1.54, 1.807) is 29.2 Å². The molecule has 0 saturated heterocycles. The molecule has 0 atom stereocenters. The average Bonchev–Trinajstić information content (AvgIpc) is 3.01. The van der Waals surface area contributed by atoms with Crippen LogP contribution in [0.2, 0.25) is 0 Å². The summed E-state index contributed by atoms with van der Waals surface area (Å²) in [5.74, 6) is 0.380. The highest BCUT2D eigenvalue weighted by atomic mass is 16.4. The summed E-state index contributed by atoms with van der Waals surface area (Å²) < 4.78 is 5.11. The van der Waals surface area contributed by atoms with Gasteiger partial charge >= 0.3 is 0 Å². The maximum Gasteiger partial charge on any atom is 0.254 e. The van der Waals surface area contributed by atoms with E-state index < -0.39 is 0 Å². The van der Waals surface area contributed by atoms with Crippen molar-refractivity contribution in [2.45, 2.75) is 26.3 Å². The molecule has 0 aliphatic rings. The molecule has 1 aromatic carbocycles. The average molecular weight is 289 g/mol. The summed E-state index contributed by atoms with van der Waals surface area (Å²) in [5.41, 5.74) is 1.38. The maximum absolute atomic E-state index is 12.5. The number of aliphatic hydroxyl groups is 1. The van der Waals surface area contributed by atoms with Gasteiger partial charge in [0.1, 0.15) is 0 Å². The van der Waals surface area contributed by atoms with Crippen LogP contribution in [0.15, 0.2) is 35.1 Å². The second-order valence-electron chi connectivity index (χ2n) is 4.99. The zero-order chi connectivity index (χ0) is 15.2. The zero-order valence-corrected chi connectivity index (χ0v) is 12.2. The summed E-state index contributed by atoms with van der Waals surface area (Å²) in [6.45, 7) is 4.54. The summed E-state index contributed by atoms with van der Waals surface area (Å²) in [6, 6.07) is 7.14. The summed E-state index contributed by atoms with van der Waals surface area (Å²) >= 11 is 0. The van der Waals surface area contributed by atoms with E-state index in [0.29, 0.717) is 24.4 Å². The Morgan fingerprint density at radius 1 is 1.33 bits per heavy atom. The van der Waals surface area contributed by atoms with Gasteiger partial charge in [0.25, 0.3) is 5.91 Å². The fourth-order valence-corrected chi connectivity index (χ4v) is 2.06. The van der Waals surface area contributed by atoms with Crippen molar-refractivity contribution in [1.82, 2.24) is 15.1 Å². The molecule has 0 unspecified atom stereocenters. The largest absolute Gasteiger partial charge is 0.423 e. The van der Waals surface area contributed by atoms with E-state index in [2.05, 4.69) is 10.2 Å². The van der Waals surface area contributed by atoms with E-state index >= 15 is 0 Å². The number of nitrogens with zero attached hydrogens (tertiary/aromatic N) is 3. The molecule has 21 heavy (non-hydrogen) atoms. The Morgan fingerprint density at radius 3 is 2.57 bits per heavy atom. The molecule has 112 valence electrons. The van der Waals surface area contributed by atoms with Crippen LogP contribution < -0.4 is 0 Å². The molecule has 2 aromatic rings. The van der Waals surface area contributed by atoms with Gasteiger partial charge in [0.05, 0.1) is 0 Å². The second kappa shape index (κ2) is 6.99. The first kappa shape index (κ1) is 15.2. The molecule has 6 nitrogen and oxygen atoms in total. The molecule has 0 aliphatic heterocycles. The van der Waals surface area contributed by atoms with Crippen molar-refractivity contribution in [1.29, 1.82) is 0 Å². The number of hydrogen-bond donors (Lipinski definition) is 1. The van der Waals surface area contributed by atoms with Gasteiger partial charge in [-0.2, -0.15) is 0 Å². The van der Waals surface area contributed by atoms with E-state index in [4.69, 9.17) is 9.52 Å². The second-order valence-corrected chi connectivity index (χ2v) is 4.99. The Hall–Kier alpha value is -2.21. The van der Waals surface area contributed by atoms with E-state index in [1.165, 1.54) is 6.39 Å². The number of aromatic nitrogens is 2. The van der Waals surface area contributed by atoms with Gasteiger partial charge in [-0.15, -0.1) is 10.2 Å². The standard InChI is InChI=1S/C15H19N3O3/c1-11(2)18(8-3-9-19)15(20)13-6-4-12(5-7-13)14-17-16-10-21-14/h4-7,10-11,19H,3,8-9H2,1-2H3. The van der Waals surface area contributed by atoms with Crippen molar-refractivity contribution in [3.05, 3.63) is 36.2 Å². The first-order valence-corrected chi connectivity index (χ1v) is 6.92. The molecule has 1 amide bonds. The van der Waals surface area contributed by atoms with Crippen LogP contribution in [0.4, 0.5) is 0 Å². The number of amides is 1. The summed E-state index contributed by atoms with van der Waals surface area (Å²) in [4.78, 5) is 14.2. The van der Waals surface area contributed by atoms with Crippen molar-refractivity contribution in [3.63, 3.8) is 0 Å². The molecular formula is C15H19N3O3. The molecule has 0 saturated carbocycles. The number of benzene rings is 1. The topological polar surface area (TPSA) is 79.5 Å². The molecule has 0 radical (unpaired) electrons. The first-order valence-electron chi connectivity index (χ1n) is 6.92. The molecule has 0 spiro atoms. The predicted octanol–water partition coefficient (Wildman–Crippen LogP) is 1.97. The maximum atomic E-state index is 12.5. The quantitative estimate of drug-likeness (QED) is 0.879. The Balaban J connectivity index is 2.14. The lowest BCUT2D eigenvalue weighted by Gasteiger charge is -2.26. The third-order valence-corrected chi connectivity index (χ3v) is 3.18. The Kier molecular flexibility index (Phi) is 5.05. The van der Waals surface area contributed by atoms with Gasteiger partial charge in [-0.1, -0.05) is 0 Å². The zero-order valence-electron chi connectivity index (χ0n) is 12.2. The van der Waals surface area contributed by atoms with Crippen LogP contribution >= 0.6 is 0 Å². The van der Waals surface area contributed by atoms with Gasteiger partial charge in [0.2, 0.25) is 12.3 Å². The van der Waals surface area contributed by atoms with E-state index in [1.807, 2.05) is 13.8 Å². The van der Waals surface area contributed by atoms with Crippen LogP contribution in [0.3, 0.4) is 0 Å². The van der Waals surface area contributed by atoms with Gasteiger partial charge in [-0.25, -0.2) is 0 Å². The Labute approximate surface area is 123 Å². The van der Waals surface area contributed by atoms with Gasteiger partial charge in [-0.05, 0) is 44.5 Å². The van der Waals surface area contributed by atoms with Gasteiger partial charge in [0, 0.05) is 30.3 Å². The highest BCUT2D eigenvalue weighted by Crippen LogP contribution is 2.18. The number of carbonyl (C=O) groups is 1. The summed E-state index contributed by atoms with van der Waals surface area (Å²) in [6.07, 6.45) is 1.84. The van der Waals surface area contributed by atoms with Gasteiger partial charge < -0.3 is 14.4 Å². The molecule has 1 aromatic heterocycles. The highest BCUT2D eigenvalue weighted by Gasteiger charge is 2.18. The molecule has 1 N–H and O–H groups in total. The summed E-state index contributed by atoms with van der Waals surface area (Å²) in [5, 5.41) is 16.4. The van der Waals surface area contributed by atoms with Crippen LogP contribution in [0.25, 0.3) is 11.5 Å². The van der Waals surface area contributed by atoms with Crippen molar-refractivity contribution in [2.75, 3.05) is 13.2 Å². The molecule has 1 heterocycles. The third-order valence-electron chi connectivity index (χ3n) is 3.18. The van der Waals surface area contributed by atoms with Crippen LogP contribution in [0.1, 0.15) is 30.6 Å². The van der Waals surface area contributed by atoms with Crippen molar-refractivity contribution >= 4 is 5.91 Å². The molecule has 0 bridgehead atoms. The van der Waals surface area contributed by atoms with E-state index in [9.17, 15) is 4.79 Å². The molecule has 6 heteroatoms. The minimum atomic E-state index is -0.0458. The Bertz CT molecular complexity index is 564. The summed E-state index contributed by atoms with van der Waals surface area (Å²) in [7, 11) is 0. The number of rotatable bonds is 6. The van der Waals surface area contributed by atoms with Gasteiger partial charge in [0.15, 0.2) is 0 Å². The molecule has 0 fully saturated rings. The Morgan fingerprint density at radius 2 is 2.05 bits per heavy atom. The van der Waals surface area contributed by atoms with Crippen molar-refractivity contribution in [3.8, 4) is 11.5 Å². The fourth-order valence-electron chi connectivity index (χ4n) is 2.06. The van der Waals surface area contributed by atoms with Gasteiger partial charge in [-0.3, -0.25) is 4.79 Å². The minimum Gasteiger partial charge on any atom is -0.423 e. The lowest BCUT2D eigenvalue weighted by Crippen LogP contribution is -2.38. The van der Waals surface area contributed by atoms with Crippen LogP contribution in [0, 0.1) is 0 Å². The normalized spacial score (nSPS) is 10.9. The van der Waals surface area contributed by atoms with Crippen LogP contribution in [-0.2, 0) is 0 Å². The predicted molar refractivity (Wildman–Crippen MR) is 77.6 cm³/mol. The lowest BCUT2D eigenvalue weighted by atomic mass is 10.1. The smallest absolute Gasteiger partial charge is 0.254 e. The van der Waals surface area contributed by atoms with Crippen molar-refractivity contribution < 1.29 is 14.3 Å². The fraction of sp³-hybridized carbons (Fsp3) is 0.400. The van der Waals surface area contributed by atoms with Crippen LogP contribution in [-0.4, -0.2) is 45.3 Å². The molecular weight excluding hydrogens is 270 g/mol. The number of hydrogen-bond acceptors (Lipinski definition) is 5.